The highest BCUT2D eigenvalue weighted by Crippen LogP contribution is 2.23. The third-order valence-electron chi connectivity index (χ3n) is 2.77. The third kappa shape index (κ3) is 2.88. The van der Waals surface area contributed by atoms with Crippen molar-refractivity contribution in [2.75, 3.05) is 5.73 Å². The summed E-state index contributed by atoms with van der Waals surface area (Å²) in [6, 6.07) is 10.5. The van der Waals surface area contributed by atoms with Crippen molar-refractivity contribution in [3.63, 3.8) is 0 Å². The summed E-state index contributed by atoms with van der Waals surface area (Å²) >= 11 is 3.43. The molecule has 0 aliphatic carbocycles. The van der Waals surface area contributed by atoms with E-state index in [0.29, 0.717) is 0 Å². The van der Waals surface area contributed by atoms with Crippen molar-refractivity contribution in [2.24, 2.45) is 0 Å². The molecule has 90 valence electrons. The van der Waals surface area contributed by atoms with Crippen molar-refractivity contribution in [3.05, 3.63) is 46.1 Å². The fourth-order valence-electron chi connectivity index (χ4n) is 1.83. The van der Waals surface area contributed by atoms with Crippen LogP contribution in [-0.4, -0.2) is 9.78 Å². The molecule has 0 radical (unpaired) electrons. The minimum atomic E-state index is 0.718. The van der Waals surface area contributed by atoms with Gasteiger partial charge in [0.25, 0.3) is 0 Å². The molecule has 0 amide bonds. The van der Waals surface area contributed by atoms with Crippen LogP contribution < -0.4 is 5.73 Å². The molecule has 0 saturated heterocycles. The van der Waals surface area contributed by atoms with Gasteiger partial charge in [0.2, 0.25) is 0 Å². The standard InChI is InChI=1S/C13H16BrN3/c1-10-12(14)13(15)17(16-10)9-5-8-11-6-3-2-4-7-11/h2-4,6-7H,5,8-9,15H2,1H3. The predicted molar refractivity (Wildman–Crippen MR) is 73.8 cm³/mol. The van der Waals surface area contributed by atoms with Gasteiger partial charge in [-0.25, -0.2) is 4.68 Å². The Morgan fingerprint density at radius 2 is 2.00 bits per heavy atom. The van der Waals surface area contributed by atoms with Crippen molar-refractivity contribution in [1.29, 1.82) is 0 Å². The van der Waals surface area contributed by atoms with Crippen molar-refractivity contribution < 1.29 is 0 Å². The Balaban J connectivity index is 1.92. The molecular weight excluding hydrogens is 278 g/mol. The van der Waals surface area contributed by atoms with Crippen molar-refractivity contribution in [3.8, 4) is 0 Å². The molecule has 2 N–H and O–H groups in total. The molecule has 0 aliphatic heterocycles. The zero-order valence-electron chi connectivity index (χ0n) is 9.86. The first kappa shape index (κ1) is 12.2. The largest absolute Gasteiger partial charge is 0.383 e. The molecule has 0 atom stereocenters. The van der Waals surface area contributed by atoms with Gasteiger partial charge in [-0.2, -0.15) is 5.10 Å². The van der Waals surface area contributed by atoms with E-state index in [9.17, 15) is 0 Å². The molecule has 17 heavy (non-hydrogen) atoms. The highest BCUT2D eigenvalue weighted by Gasteiger charge is 2.08. The summed E-state index contributed by atoms with van der Waals surface area (Å²) in [6.45, 7) is 2.81. The number of benzene rings is 1. The number of halogens is 1. The van der Waals surface area contributed by atoms with Gasteiger partial charge in [0, 0.05) is 6.54 Å². The van der Waals surface area contributed by atoms with Gasteiger partial charge in [-0.3, -0.25) is 0 Å². The van der Waals surface area contributed by atoms with Crippen LogP contribution in [0.5, 0.6) is 0 Å². The second-order valence-corrected chi connectivity index (χ2v) is 4.89. The highest BCUT2D eigenvalue weighted by atomic mass is 79.9. The second kappa shape index (κ2) is 5.36. The average Bonchev–Trinajstić information content (AvgIpc) is 2.59. The molecule has 0 fully saturated rings. The van der Waals surface area contributed by atoms with Crippen molar-refractivity contribution in [1.82, 2.24) is 9.78 Å². The van der Waals surface area contributed by atoms with Crippen molar-refractivity contribution in [2.45, 2.75) is 26.3 Å². The smallest absolute Gasteiger partial charge is 0.136 e. The Kier molecular flexibility index (Phi) is 3.84. The normalized spacial score (nSPS) is 10.7. The molecule has 2 rings (SSSR count). The van der Waals surface area contributed by atoms with E-state index in [4.69, 9.17) is 5.73 Å². The molecule has 0 unspecified atom stereocenters. The Bertz CT molecular complexity index is 491. The average molecular weight is 294 g/mol. The summed E-state index contributed by atoms with van der Waals surface area (Å²) in [6.07, 6.45) is 2.10. The quantitative estimate of drug-likeness (QED) is 0.941. The molecule has 0 aliphatic rings. The number of nitrogens with zero attached hydrogens (tertiary/aromatic N) is 2. The van der Waals surface area contributed by atoms with Gasteiger partial charge in [-0.1, -0.05) is 30.3 Å². The van der Waals surface area contributed by atoms with Crippen LogP contribution in [0.2, 0.25) is 0 Å². The van der Waals surface area contributed by atoms with E-state index in [1.165, 1.54) is 5.56 Å². The molecule has 3 nitrogen and oxygen atoms in total. The number of hydrogen-bond acceptors (Lipinski definition) is 2. The number of aromatic nitrogens is 2. The lowest BCUT2D eigenvalue weighted by atomic mass is 10.1. The minimum absolute atomic E-state index is 0.718. The van der Waals surface area contributed by atoms with Crippen LogP contribution in [0.1, 0.15) is 17.7 Å². The first-order valence-electron chi connectivity index (χ1n) is 5.71. The Morgan fingerprint density at radius 3 is 2.59 bits per heavy atom. The van der Waals surface area contributed by atoms with E-state index in [0.717, 1.165) is 35.4 Å². The van der Waals surface area contributed by atoms with Crippen LogP contribution in [0.4, 0.5) is 5.82 Å². The number of hydrogen-bond donors (Lipinski definition) is 1. The van der Waals surface area contributed by atoms with E-state index >= 15 is 0 Å². The van der Waals surface area contributed by atoms with E-state index in [1.54, 1.807) is 0 Å². The summed E-state index contributed by atoms with van der Waals surface area (Å²) in [5, 5.41) is 4.39. The van der Waals surface area contributed by atoms with Crippen LogP contribution in [-0.2, 0) is 13.0 Å². The Morgan fingerprint density at radius 1 is 1.29 bits per heavy atom. The van der Waals surface area contributed by atoms with Gasteiger partial charge in [0.15, 0.2) is 0 Å². The number of aryl methyl sites for hydroxylation is 3. The van der Waals surface area contributed by atoms with Gasteiger partial charge in [-0.15, -0.1) is 0 Å². The lowest BCUT2D eigenvalue weighted by molar-refractivity contribution is 0.582. The zero-order chi connectivity index (χ0) is 12.3. The molecule has 0 spiro atoms. The lowest BCUT2D eigenvalue weighted by Gasteiger charge is -2.04. The van der Waals surface area contributed by atoms with E-state index in [2.05, 4.69) is 45.3 Å². The van der Waals surface area contributed by atoms with Crippen LogP contribution in [0, 0.1) is 6.92 Å². The van der Waals surface area contributed by atoms with Gasteiger partial charge in [0.1, 0.15) is 5.82 Å². The first-order valence-corrected chi connectivity index (χ1v) is 6.50. The maximum Gasteiger partial charge on any atom is 0.136 e. The topological polar surface area (TPSA) is 43.8 Å². The van der Waals surface area contributed by atoms with Crippen LogP contribution in [0.25, 0.3) is 0 Å². The summed E-state index contributed by atoms with van der Waals surface area (Å²) < 4.78 is 2.78. The summed E-state index contributed by atoms with van der Waals surface area (Å²) in [5.41, 5.74) is 8.24. The maximum absolute atomic E-state index is 5.94. The first-order chi connectivity index (χ1) is 8.18. The van der Waals surface area contributed by atoms with Gasteiger partial charge >= 0.3 is 0 Å². The van der Waals surface area contributed by atoms with E-state index < -0.39 is 0 Å². The lowest BCUT2D eigenvalue weighted by Crippen LogP contribution is -2.05. The molecule has 4 heteroatoms. The number of nitrogen functional groups attached to an aromatic ring is 1. The van der Waals surface area contributed by atoms with E-state index in [-0.39, 0.29) is 0 Å². The van der Waals surface area contributed by atoms with Gasteiger partial charge < -0.3 is 5.73 Å². The molecule has 0 bridgehead atoms. The predicted octanol–water partition coefficient (Wildman–Crippen LogP) is 3.17. The van der Waals surface area contributed by atoms with E-state index in [1.807, 2.05) is 17.7 Å². The molecule has 1 aromatic carbocycles. The summed E-state index contributed by atoms with van der Waals surface area (Å²) in [4.78, 5) is 0. The molecule has 1 heterocycles. The Labute approximate surface area is 110 Å². The van der Waals surface area contributed by atoms with Crippen LogP contribution in [0.15, 0.2) is 34.8 Å². The fraction of sp³-hybridized carbons (Fsp3) is 0.308. The fourth-order valence-corrected chi connectivity index (χ4v) is 2.11. The number of anilines is 1. The minimum Gasteiger partial charge on any atom is -0.383 e. The monoisotopic (exact) mass is 293 g/mol. The number of rotatable bonds is 4. The van der Waals surface area contributed by atoms with Gasteiger partial charge in [-0.05, 0) is 41.3 Å². The number of nitrogens with two attached hydrogens (primary N) is 1. The summed E-state index contributed by atoms with van der Waals surface area (Å²) in [7, 11) is 0. The third-order valence-corrected chi connectivity index (χ3v) is 3.75. The second-order valence-electron chi connectivity index (χ2n) is 4.10. The highest BCUT2D eigenvalue weighted by molar-refractivity contribution is 9.10. The van der Waals surface area contributed by atoms with Crippen molar-refractivity contribution >= 4 is 21.7 Å². The molecule has 1 aromatic heterocycles. The van der Waals surface area contributed by atoms with Gasteiger partial charge in [0.05, 0.1) is 10.2 Å². The van der Waals surface area contributed by atoms with Crippen LogP contribution >= 0.6 is 15.9 Å². The molecule has 0 saturated carbocycles. The molecular formula is C13H16BrN3. The zero-order valence-corrected chi connectivity index (χ0v) is 11.4. The van der Waals surface area contributed by atoms with Crippen LogP contribution in [0.3, 0.4) is 0 Å². The SMILES string of the molecule is Cc1nn(CCCc2ccccc2)c(N)c1Br. The molecule has 2 aromatic rings. The Hall–Kier alpha value is -1.29. The summed E-state index contributed by atoms with van der Waals surface area (Å²) in [5.74, 6) is 0.718. The maximum atomic E-state index is 5.94.